The van der Waals surface area contributed by atoms with Gasteiger partial charge in [0.25, 0.3) is 5.91 Å². The Kier molecular flexibility index (Phi) is 4.05. The molecule has 0 aromatic heterocycles. The van der Waals surface area contributed by atoms with Crippen LogP contribution in [-0.4, -0.2) is 23.4 Å². The largest absolute Gasteiger partial charge is 0.388 e. The van der Waals surface area contributed by atoms with Crippen molar-refractivity contribution < 1.29 is 14.7 Å². The fourth-order valence-electron chi connectivity index (χ4n) is 1.70. The van der Waals surface area contributed by atoms with Gasteiger partial charge in [0.05, 0.1) is 5.69 Å². The first kappa shape index (κ1) is 13.0. The van der Waals surface area contributed by atoms with Gasteiger partial charge in [0.15, 0.2) is 5.78 Å². The number of hydrogen-bond acceptors (Lipinski definition) is 3. The predicted molar refractivity (Wildman–Crippen MR) is 72.3 cm³/mol. The number of aliphatic hydroxyl groups is 1. The summed E-state index contributed by atoms with van der Waals surface area (Å²) in [6, 6.07) is 15.3. The van der Waals surface area contributed by atoms with Gasteiger partial charge in [-0.2, -0.15) is 0 Å². The van der Waals surface area contributed by atoms with Crippen LogP contribution in [-0.2, 0) is 0 Å². The number of Topliss-reactive ketones (excluding diaryl/α,β-unsaturated/α-hetero) is 1. The third kappa shape index (κ3) is 3.05. The van der Waals surface area contributed by atoms with E-state index in [1.807, 2.05) is 6.07 Å². The minimum Gasteiger partial charge on any atom is -0.388 e. The Morgan fingerprint density at radius 2 is 1.58 bits per heavy atom. The molecule has 19 heavy (non-hydrogen) atoms. The lowest BCUT2D eigenvalue weighted by atomic mass is 10.1. The van der Waals surface area contributed by atoms with Gasteiger partial charge in [-0.1, -0.05) is 30.3 Å². The summed E-state index contributed by atoms with van der Waals surface area (Å²) < 4.78 is 0. The fraction of sp³-hybridized carbons (Fsp3) is 0.0667. The Morgan fingerprint density at radius 1 is 0.947 bits per heavy atom. The van der Waals surface area contributed by atoms with Crippen molar-refractivity contribution in [3.8, 4) is 0 Å². The van der Waals surface area contributed by atoms with Gasteiger partial charge in [-0.3, -0.25) is 9.59 Å². The van der Waals surface area contributed by atoms with Gasteiger partial charge in [-0.15, -0.1) is 0 Å². The van der Waals surface area contributed by atoms with E-state index in [1.165, 1.54) is 0 Å². The number of anilines is 1. The van der Waals surface area contributed by atoms with E-state index in [1.54, 1.807) is 48.5 Å². The van der Waals surface area contributed by atoms with E-state index >= 15 is 0 Å². The monoisotopic (exact) mass is 255 g/mol. The second kappa shape index (κ2) is 5.93. The van der Waals surface area contributed by atoms with Gasteiger partial charge >= 0.3 is 0 Å². The average molecular weight is 255 g/mol. The van der Waals surface area contributed by atoms with Gasteiger partial charge in [-0.05, 0) is 24.3 Å². The number of hydrogen-bond donors (Lipinski definition) is 2. The molecule has 2 aromatic carbocycles. The molecule has 0 atom stereocenters. The number of amides is 1. The maximum atomic E-state index is 12.0. The molecular formula is C15H13NO3. The summed E-state index contributed by atoms with van der Waals surface area (Å²) in [5.74, 6) is -0.720. The molecule has 4 heteroatoms. The van der Waals surface area contributed by atoms with E-state index in [0.29, 0.717) is 16.8 Å². The number of aliphatic hydroxyl groups excluding tert-OH is 1. The van der Waals surface area contributed by atoms with Crippen molar-refractivity contribution in [2.24, 2.45) is 0 Å². The van der Waals surface area contributed by atoms with Crippen LogP contribution < -0.4 is 5.32 Å². The van der Waals surface area contributed by atoms with E-state index in [2.05, 4.69) is 5.32 Å². The molecule has 0 heterocycles. The summed E-state index contributed by atoms with van der Waals surface area (Å²) >= 11 is 0. The highest BCUT2D eigenvalue weighted by atomic mass is 16.3. The quantitative estimate of drug-likeness (QED) is 0.822. The van der Waals surface area contributed by atoms with Gasteiger partial charge < -0.3 is 10.4 Å². The van der Waals surface area contributed by atoms with Crippen molar-refractivity contribution in [1.29, 1.82) is 0 Å². The predicted octanol–water partition coefficient (Wildman–Crippen LogP) is 2.11. The smallest absolute Gasteiger partial charge is 0.255 e. The van der Waals surface area contributed by atoms with Crippen LogP contribution in [0.1, 0.15) is 20.7 Å². The van der Waals surface area contributed by atoms with Crippen LogP contribution in [0.2, 0.25) is 0 Å². The Balaban J connectivity index is 2.25. The molecule has 0 aliphatic carbocycles. The molecule has 2 aromatic rings. The average Bonchev–Trinajstić information content (AvgIpc) is 2.48. The lowest BCUT2D eigenvalue weighted by Gasteiger charge is -2.09. The first-order valence-electron chi connectivity index (χ1n) is 5.82. The highest BCUT2D eigenvalue weighted by Gasteiger charge is 2.12. The number of carbonyl (C=O) groups is 2. The molecule has 0 unspecified atom stereocenters. The molecule has 0 bridgehead atoms. The van der Waals surface area contributed by atoms with Crippen LogP contribution in [0.15, 0.2) is 54.6 Å². The van der Waals surface area contributed by atoms with E-state index in [0.717, 1.165) is 0 Å². The number of nitrogens with one attached hydrogen (secondary N) is 1. The van der Waals surface area contributed by atoms with Gasteiger partial charge in [-0.25, -0.2) is 0 Å². The third-order valence-corrected chi connectivity index (χ3v) is 2.66. The van der Waals surface area contributed by atoms with Crippen LogP contribution in [0.25, 0.3) is 0 Å². The van der Waals surface area contributed by atoms with Crippen LogP contribution in [0.3, 0.4) is 0 Å². The molecule has 2 rings (SSSR count). The molecule has 1 amide bonds. The second-order valence-corrected chi connectivity index (χ2v) is 3.95. The Labute approximate surface area is 110 Å². The van der Waals surface area contributed by atoms with Crippen molar-refractivity contribution in [2.75, 3.05) is 11.9 Å². The second-order valence-electron chi connectivity index (χ2n) is 3.95. The Bertz CT molecular complexity index is 593. The number of para-hydroxylation sites is 1. The lowest BCUT2D eigenvalue weighted by molar-refractivity contribution is 0.0904. The SMILES string of the molecule is O=C(Nc1ccccc1C(=O)CO)c1ccccc1. The molecule has 4 nitrogen and oxygen atoms in total. The van der Waals surface area contributed by atoms with Crippen molar-refractivity contribution in [1.82, 2.24) is 0 Å². The summed E-state index contributed by atoms with van der Waals surface area (Å²) in [6.07, 6.45) is 0. The van der Waals surface area contributed by atoms with Crippen LogP contribution >= 0.6 is 0 Å². The number of rotatable bonds is 4. The highest BCUT2D eigenvalue weighted by molar-refractivity contribution is 6.09. The summed E-state index contributed by atoms with van der Waals surface area (Å²) in [7, 11) is 0. The van der Waals surface area contributed by atoms with E-state index < -0.39 is 12.4 Å². The molecule has 2 N–H and O–H groups in total. The van der Waals surface area contributed by atoms with Crippen LogP contribution in [0, 0.1) is 0 Å². The van der Waals surface area contributed by atoms with E-state index in [-0.39, 0.29) is 5.91 Å². The van der Waals surface area contributed by atoms with E-state index in [4.69, 9.17) is 5.11 Å². The summed E-state index contributed by atoms with van der Waals surface area (Å²) in [5, 5.41) is 11.6. The minimum atomic E-state index is -0.585. The molecule has 0 radical (unpaired) electrons. The third-order valence-electron chi connectivity index (χ3n) is 2.66. The Morgan fingerprint density at radius 3 is 2.26 bits per heavy atom. The normalized spacial score (nSPS) is 9.95. The molecule has 0 saturated heterocycles. The Hall–Kier alpha value is -2.46. The summed E-state index contributed by atoms with van der Waals surface area (Å²) in [4.78, 5) is 23.5. The fourth-order valence-corrected chi connectivity index (χ4v) is 1.70. The van der Waals surface area contributed by atoms with Crippen molar-refractivity contribution in [3.63, 3.8) is 0 Å². The first-order chi connectivity index (χ1) is 9.22. The van der Waals surface area contributed by atoms with Gasteiger partial charge in [0, 0.05) is 11.1 Å². The molecule has 0 saturated carbocycles. The molecule has 0 aliphatic heterocycles. The topological polar surface area (TPSA) is 66.4 Å². The van der Waals surface area contributed by atoms with Crippen molar-refractivity contribution in [2.45, 2.75) is 0 Å². The molecule has 0 spiro atoms. The summed E-state index contributed by atoms with van der Waals surface area (Å²) in [5.41, 5.74) is 1.21. The van der Waals surface area contributed by atoms with Crippen molar-refractivity contribution >= 4 is 17.4 Å². The molecule has 96 valence electrons. The zero-order chi connectivity index (χ0) is 13.7. The maximum Gasteiger partial charge on any atom is 0.255 e. The highest BCUT2D eigenvalue weighted by Crippen LogP contribution is 2.16. The van der Waals surface area contributed by atoms with Gasteiger partial charge in [0.2, 0.25) is 0 Å². The van der Waals surface area contributed by atoms with E-state index in [9.17, 15) is 9.59 Å². The van der Waals surface area contributed by atoms with Gasteiger partial charge in [0.1, 0.15) is 6.61 Å². The molecule has 0 fully saturated rings. The van der Waals surface area contributed by atoms with Crippen LogP contribution in [0.5, 0.6) is 0 Å². The lowest BCUT2D eigenvalue weighted by Crippen LogP contribution is -2.15. The zero-order valence-electron chi connectivity index (χ0n) is 10.2. The number of benzene rings is 2. The van der Waals surface area contributed by atoms with Crippen molar-refractivity contribution in [3.05, 3.63) is 65.7 Å². The number of carbonyl (C=O) groups excluding carboxylic acids is 2. The standard InChI is InChI=1S/C15H13NO3/c17-10-14(18)12-8-4-5-9-13(12)16-15(19)11-6-2-1-3-7-11/h1-9,17H,10H2,(H,16,19). The van der Waals surface area contributed by atoms with Crippen LogP contribution in [0.4, 0.5) is 5.69 Å². The number of ketones is 1. The first-order valence-corrected chi connectivity index (χ1v) is 5.82. The molecular weight excluding hydrogens is 242 g/mol. The molecule has 0 aliphatic rings. The maximum absolute atomic E-state index is 12.0. The summed E-state index contributed by atoms with van der Waals surface area (Å²) in [6.45, 7) is -0.585. The minimum absolute atomic E-state index is 0.293. The zero-order valence-corrected chi connectivity index (χ0v) is 10.2.